The molecule has 1 aromatic heterocycles. The molecule has 0 fully saturated rings. The molecule has 0 amide bonds. The van der Waals surface area contributed by atoms with Crippen molar-refractivity contribution in [3.05, 3.63) is 20.2 Å². The van der Waals surface area contributed by atoms with Gasteiger partial charge in [-0.2, -0.15) is 4.99 Å². The van der Waals surface area contributed by atoms with Crippen molar-refractivity contribution in [1.82, 2.24) is 10.2 Å². The fourth-order valence-electron chi connectivity index (χ4n) is 0.804. The molecule has 5 N–H and O–H groups in total. The van der Waals surface area contributed by atoms with Crippen molar-refractivity contribution in [2.24, 2.45) is 16.5 Å². The van der Waals surface area contributed by atoms with Gasteiger partial charge in [0.05, 0.1) is 0 Å². The Morgan fingerprint density at radius 3 is 2.33 bits per heavy atom. The standard InChI is InChI=1S/C4H5N7O4/c5-4(6)7-1-2(10(12)13)8-9-3(1)11(14)15/h(H,8,9)(H4,5,6,7). The SMILES string of the molecule is NC(N)=Nc1c([N+](=O)[O-])n[nH]c1[N+](=O)[O-]. The molecule has 0 saturated heterocycles. The number of nitrogens with two attached hydrogens (primary N) is 2. The maximum atomic E-state index is 10.4. The molecule has 15 heavy (non-hydrogen) atoms. The van der Waals surface area contributed by atoms with E-state index in [1.165, 1.54) is 0 Å². The van der Waals surface area contributed by atoms with Gasteiger partial charge in [-0.1, -0.05) is 0 Å². The van der Waals surface area contributed by atoms with Gasteiger partial charge in [-0.05, 0) is 14.9 Å². The van der Waals surface area contributed by atoms with Gasteiger partial charge < -0.3 is 31.7 Å². The van der Waals surface area contributed by atoms with E-state index in [1.54, 1.807) is 0 Å². The van der Waals surface area contributed by atoms with Gasteiger partial charge in [0.2, 0.25) is 0 Å². The Balaban J connectivity index is 3.39. The number of aromatic amines is 1. The minimum atomic E-state index is -0.939. The number of hydrogen-bond donors (Lipinski definition) is 3. The van der Waals surface area contributed by atoms with Crippen LogP contribution >= 0.6 is 0 Å². The molecule has 1 rings (SSSR count). The smallest absolute Gasteiger partial charge is 0.370 e. The van der Waals surface area contributed by atoms with Gasteiger partial charge in [0, 0.05) is 0 Å². The number of H-pyrrole nitrogens is 1. The van der Waals surface area contributed by atoms with Gasteiger partial charge >= 0.3 is 11.6 Å². The molecule has 0 aliphatic carbocycles. The van der Waals surface area contributed by atoms with Gasteiger partial charge in [0.25, 0.3) is 5.69 Å². The van der Waals surface area contributed by atoms with E-state index in [2.05, 4.69) is 10.1 Å². The predicted molar refractivity (Wildman–Crippen MR) is 47.4 cm³/mol. The molecule has 0 aliphatic heterocycles. The summed E-state index contributed by atoms with van der Waals surface area (Å²) in [5.74, 6) is -2.09. The number of nitrogens with zero attached hydrogens (tertiary/aromatic N) is 4. The van der Waals surface area contributed by atoms with Gasteiger partial charge in [0.1, 0.15) is 5.10 Å². The Hall–Kier alpha value is -2.72. The maximum absolute atomic E-state index is 10.4. The van der Waals surface area contributed by atoms with E-state index in [0.717, 1.165) is 0 Å². The number of aliphatic imine (C=N–C) groups is 1. The number of aromatic nitrogens is 2. The fraction of sp³-hybridized carbons (Fsp3) is 0. The van der Waals surface area contributed by atoms with Crippen molar-refractivity contribution < 1.29 is 9.85 Å². The summed E-state index contributed by atoms with van der Waals surface area (Å²) in [6, 6.07) is 0. The molecule has 0 radical (unpaired) electrons. The first-order chi connectivity index (χ1) is 6.93. The zero-order valence-corrected chi connectivity index (χ0v) is 7.08. The fourth-order valence-corrected chi connectivity index (χ4v) is 0.804. The van der Waals surface area contributed by atoms with E-state index in [0.29, 0.717) is 0 Å². The minimum Gasteiger partial charge on any atom is -0.370 e. The first-order valence-corrected chi connectivity index (χ1v) is 3.40. The van der Waals surface area contributed by atoms with Crippen LogP contribution in [0.1, 0.15) is 0 Å². The third-order valence-electron chi connectivity index (χ3n) is 1.30. The van der Waals surface area contributed by atoms with Crippen LogP contribution in [0.4, 0.5) is 17.3 Å². The summed E-state index contributed by atoms with van der Waals surface area (Å²) in [5, 5.41) is 25.7. The van der Waals surface area contributed by atoms with Crippen LogP contribution in [0.25, 0.3) is 0 Å². The highest BCUT2D eigenvalue weighted by molar-refractivity contribution is 5.82. The Morgan fingerprint density at radius 1 is 1.33 bits per heavy atom. The van der Waals surface area contributed by atoms with Gasteiger partial charge in [-0.25, -0.2) is 0 Å². The highest BCUT2D eigenvalue weighted by Gasteiger charge is 2.31. The zero-order valence-electron chi connectivity index (χ0n) is 7.08. The average molecular weight is 215 g/mol. The summed E-state index contributed by atoms with van der Waals surface area (Å²) in [7, 11) is 0. The second-order valence-electron chi connectivity index (χ2n) is 2.30. The van der Waals surface area contributed by atoms with E-state index in [1.807, 2.05) is 5.10 Å². The second-order valence-corrected chi connectivity index (χ2v) is 2.30. The minimum absolute atomic E-state index is 0.539. The topological polar surface area (TPSA) is 179 Å². The zero-order chi connectivity index (χ0) is 11.6. The molecule has 1 heterocycles. The van der Waals surface area contributed by atoms with E-state index in [-0.39, 0.29) is 0 Å². The van der Waals surface area contributed by atoms with E-state index < -0.39 is 33.1 Å². The number of guanidine groups is 1. The van der Waals surface area contributed by atoms with Crippen LogP contribution in [0.15, 0.2) is 4.99 Å². The first-order valence-electron chi connectivity index (χ1n) is 3.40. The average Bonchev–Trinajstić information content (AvgIpc) is 2.46. The van der Waals surface area contributed by atoms with Crippen molar-refractivity contribution in [1.29, 1.82) is 0 Å². The molecule has 0 aliphatic rings. The van der Waals surface area contributed by atoms with Gasteiger partial charge in [-0.3, -0.25) is 0 Å². The van der Waals surface area contributed by atoms with Crippen molar-refractivity contribution in [2.45, 2.75) is 0 Å². The lowest BCUT2D eigenvalue weighted by Gasteiger charge is -1.92. The molecular formula is C4H5N7O4. The van der Waals surface area contributed by atoms with Crippen LogP contribution in [0.2, 0.25) is 0 Å². The molecule has 11 nitrogen and oxygen atoms in total. The van der Waals surface area contributed by atoms with Crippen molar-refractivity contribution >= 4 is 23.3 Å². The molecule has 0 atom stereocenters. The molecule has 0 bridgehead atoms. The molecular weight excluding hydrogens is 210 g/mol. The molecule has 0 aromatic carbocycles. The van der Waals surface area contributed by atoms with Gasteiger partial charge in [-0.15, -0.1) is 0 Å². The van der Waals surface area contributed by atoms with Crippen molar-refractivity contribution in [2.75, 3.05) is 0 Å². The number of rotatable bonds is 3. The highest BCUT2D eigenvalue weighted by Crippen LogP contribution is 2.33. The van der Waals surface area contributed by atoms with Crippen LogP contribution in [0, 0.1) is 20.2 Å². The van der Waals surface area contributed by atoms with E-state index in [4.69, 9.17) is 11.5 Å². The van der Waals surface area contributed by atoms with Crippen LogP contribution in [0.3, 0.4) is 0 Å². The number of nitro groups is 2. The Kier molecular flexibility index (Phi) is 2.46. The van der Waals surface area contributed by atoms with E-state index >= 15 is 0 Å². The van der Waals surface area contributed by atoms with Crippen LogP contribution in [-0.2, 0) is 0 Å². The lowest BCUT2D eigenvalue weighted by Crippen LogP contribution is -2.22. The number of hydrogen-bond acceptors (Lipinski definition) is 6. The molecule has 0 saturated carbocycles. The first kappa shape index (κ1) is 10.4. The number of nitrogens with one attached hydrogen (secondary N) is 1. The summed E-state index contributed by atoms with van der Waals surface area (Å²) in [5.41, 5.74) is 9.32. The quantitative estimate of drug-likeness (QED) is 0.253. The monoisotopic (exact) mass is 215 g/mol. The molecule has 0 spiro atoms. The summed E-state index contributed by atoms with van der Waals surface area (Å²) in [6.07, 6.45) is 0. The predicted octanol–water partition coefficient (Wildman–Crippen LogP) is -0.869. The van der Waals surface area contributed by atoms with Crippen molar-refractivity contribution in [3.8, 4) is 0 Å². The molecule has 0 unspecified atom stereocenters. The van der Waals surface area contributed by atoms with Crippen LogP contribution in [-0.4, -0.2) is 26.0 Å². The molecule has 80 valence electrons. The summed E-state index contributed by atoms with van der Waals surface area (Å²) >= 11 is 0. The summed E-state index contributed by atoms with van der Waals surface area (Å²) < 4.78 is 0. The Labute approximate surface area is 81.1 Å². The van der Waals surface area contributed by atoms with Crippen LogP contribution in [0.5, 0.6) is 0 Å². The maximum Gasteiger partial charge on any atom is 0.446 e. The summed E-state index contributed by atoms with van der Waals surface area (Å²) in [4.78, 5) is 22.2. The largest absolute Gasteiger partial charge is 0.446 e. The third-order valence-corrected chi connectivity index (χ3v) is 1.30. The second kappa shape index (κ2) is 3.57. The van der Waals surface area contributed by atoms with Crippen LogP contribution < -0.4 is 11.5 Å². The molecule has 1 aromatic rings. The third kappa shape index (κ3) is 1.96. The van der Waals surface area contributed by atoms with Gasteiger partial charge in [0.15, 0.2) is 5.96 Å². The lowest BCUT2D eigenvalue weighted by molar-refractivity contribution is -0.392. The Bertz CT molecular complexity index is 412. The normalized spacial score (nSPS) is 9.60. The lowest BCUT2D eigenvalue weighted by atomic mass is 10.5. The highest BCUT2D eigenvalue weighted by atomic mass is 16.6. The Morgan fingerprint density at radius 2 is 1.93 bits per heavy atom. The van der Waals surface area contributed by atoms with Crippen molar-refractivity contribution in [3.63, 3.8) is 0 Å². The molecule has 11 heteroatoms. The summed E-state index contributed by atoms with van der Waals surface area (Å²) in [6.45, 7) is 0. The van der Waals surface area contributed by atoms with E-state index in [9.17, 15) is 20.2 Å².